The Kier molecular flexibility index (Phi) is 9.17. The molecule has 1 atom stereocenters. The summed E-state index contributed by atoms with van der Waals surface area (Å²) in [6.45, 7) is 2.08. The molecule has 1 aliphatic heterocycles. The number of hydrogen-bond acceptors (Lipinski definition) is 5. The fourth-order valence-electron chi connectivity index (χ4n) is 4.06. The summed E-state index contributed by atoms with van der Waals surface area (Å²) >= 11 is 6.02. The lowest BCUT2D eigenvalue weighted by Gasteiger charge is -2.19. The predicted octanol–water partition coefficient (Wildman–Crippen LogP) is 4.01. The molecule has 0 unspecified atom stereocenters. The van der Waals surface area contributed by atoms with E-state index < -0.39 is 11.9 Å². The summed E-state index contributed by atoms with van der Waals surface area (Å²) in [5.41, 5.74) is 2.12. The maximum atomic E-state index is 13.1. The first-order valence-corrected chi connectivity index (χ1v) is 11.7. The summed E-state index contributed by atoms with van der Waals surface area (Å²) in [5.74, 6) is -2.51. The van der Waals surface area contributed by atoms with Crippen molar-refractivity contribution in [1.29, 1.82) is 0 Å². The van der Waals surface area contributed by atoms with Gasteiger partial charge in [-0.1, -0.05) is 41.9 Å². The number of nitrogens with zero attached hydrogens (tertiary/aromatic N) is 3. The van der Waals surface area contributed by atoms with Crippen molar-refractivity contribution >= 4 is 34.3 Å². The van der Waals surface area contributed by atoms with Gasteiger partial charge in [0.05, 0.1) is 17.1 Å². The van der Waals surface area contributed by atoms with Crippen LogP contribution in [0, 0.1) is 0 Å². The summed E-state index contributed by atoms with van der Waals surface area (Å²) in [6, 6.07) is 15.8. The Morgan fingerprint density at radius 2 is 1.63 bits per heavy atom. The second kappa shape index (κ2) is 12.3. The van der Waals surface area contributed by atoms with Crippen molar-refractivity contribution in [1.82, 2.24) is 14.7 Å². The molecule has 9 heteroatoms. The zero-order chi connectivity index (χ0) is 25.4. The minimum absolute atomic E-state index is 0.0278. The fraction of sp³-hybridized carbons (Fsp3) is 0.308. The zero-order valence-electron chi connectivity index (χ0n) is 19.4. The molecule has 2 heterocycles. The highest BCUT2D eigenvalue weighted by Crippen LogP contribution is 2.23. The van der Waals surface area contributed by atoms with E-state index in [1.165, 1.54) is 0 Å². The number of benzene rings is 2. The Morgan fingerprint density at radius 3 is 2.26 bits per heavy atom. The minimum Gasteiger partial charge on any atom is -0.478 e. The molecule has 0 aliphatic carbocycles. The fourth-order valence-corrected chi connectivity index (χ4v) is 4.18. The van der Waals surface area contributed by atoms with Crippen molar-refractivity contribution in [2.75, 3.05) is 20.1 Å². The molecule has 2 N–H and O–H groups in total. The molecule has 8 nitrogen and oxygen atoms in total. The molecular weight excluding hydrogens is 470 g/mol. The number of aromatic nitrogens is 2. The molecular formula is C26H28ClN3O5. The number of likely N-dealkylation sites (tertiary alicyclic amines) is 1. The molecule has 0 saturated carbocycles. The van der Waals surface area contributed by atoms with Crippen molar-refractivity contribution in [3.05, 3.63) is 87.3 Å². The van der Waals surface area contributed by atoms with Gasteiger partial charge in [0, 0.05) is 29.0 Å². The Labute approximate surface area is 208 Å². The third-order valence-electron chi connectivity index (χ3n) is 5.83. The number of fused-ring (bicyclic) bond motifs is 1. The number of carbonyl (C=O) groups is 2. The van der Waals surface area contributed by atoms with Gasteiger partial charge in [-0.05, 0) is 63.2 Å². The first kappa shape index (κ1) is 26.1. The molecule has 1 fully saturated rings. The average molecular weight is 498 g/mol. The summed E-state index contributed by atoms with van der Waals surface area (Å²) in [4.78, 5) is 34.6. The van der Waals surface area contributed by atoms with E-state index >= 15 is 0 Å². The zero-order valence-corrected chi connectivity index (χ0v) is 20.2. The molecule has 1 aliphatic rings. The summed E-state index contributed by atoms with van der Waals surface area (Å²) in [7, 11) is 2.14. The van der Waals surface area contributed by atoms with Crippen LogP contribution in [0.3, 0.4) is 0 Å². The first-order valence-electron chi connectivity index (χ1n) is 11.3. The van der Waals surface area contributed by atoms with Crippen LogP contribution in [0.15, 0.2) is 65.5 Å². The van der Waals surface area contributed by atoms with Gasteiger partial charge in [0.1, 0.15) is 0 Å². The smallest absolute Gasteiger partial charge is 0.328 e. The second-order valence-corrected chi connectivity index (χ2v) is 8.88. The van der Waals surface area contributed by atoms with Gasteiger partial charge in [0.25, 0.3) is 5.56 Å². The van der Waals surface area contributed by atoms with Crippen molar-refractivity contribution < 1.29 is 19.8 Å². The van der Waals surface area contributed by atoms with E-state index in [-0.39, 0.29) is 11.6 Å². The van der Waals surface area contributed by atoms with Gasteiger partial charge in [-0.25, -0.2) is 14.3 Å². The topological polar surface area (TPSA) is 113 Å². The lowest BCUT2D eigenvalue weighted by atomic mass is 10.0. The van der Waals surface area contributed by atoms with Crippen molar-refractivity contribution in [2.45, 2.75) is 31.7 Å². The second-order valence-electron chi connectivity index (χ2n) is 8.44. The molecule has 1 aromatic heterocycles. The van der Waals surface area contributed by atoms with Gasteiger partial charge < -0.3 is 15.1 Å². The van der Waals surface area contributed by atoms with Crippen LogP contribution in [-0.4, -0.2) is 57.0 Å². The standard InChI is InChI=1S/C22H24ClN3O.C4H4O4/c1-25-13-4-5-18(12-14-25)26-22(27)20-7-3-2-6-19(20)21(24-26)15-16-8-10-17(23)11-9-16;5-3(6)1-2-4(7)8/h2-3,6-11,18H,4-5,12-15H2,1H3;1-2H,(H,5,6)(H,7,8)/t18-;/m0./s1. The maximum absolute atomic E-state index is 13.1. The lowest BCUT2D eigenvalue weighted by Crippen LogP contribution is -2.29. The number of rotatable bonds is 5. The van der Waals surface area contributed by atoms with Gasteiger partial charge in [0.15, 0.2) is 0 Å². The average Bonchev–Trinajstić information content (AvgIpc) is 3.06. The quantitative estimate of drug-likeness (QED) is 0.512. The van der Waals surface area contributed by atoms with Gasteiger partial charge in [-0.2, -0.15) is 5.10 Å². The Hall–Kier alpha value is -3.49. The van der Waals surface area contributed by atoms with Crippen LogP contribution in [0.2, 0.25) is 5.02 Å². The molecule has 0 bridgehead atoms. The first-order chi connectivity index (χ1) is 16.7. The predicted molar refractivity (Wildman–Crippen MR) is 135 cm³/mol. The monoisotopic (exact) mass is 497 g/mol. The lowest BCUT2D eigenvalue weighted by molar-refractivity contribution is -0.134. The van der Waals surface area contributed by atoms with E-state index in [2.05, 4.69) is 11.9 Å². The Bertz CT molecular complexity index is 1250. The van der Waals surface area contributed by atoms with Crippen LogP contribution < -0.4 is 5.56 Å². The van der Waals surface area contributed by atoms with Crippen LogP contribution >= 0.6 is 11.6 Å². The van der Waals surface area contributed by atoms with Crippen molar-refractivity contribution in [3.63, 3.8) is 0 Å². The van der Waals surface area contributed by atoms with Crippen molar-refractivity contribution in [2.24, 2.45) is 0 Å². The van der Waals surface area contributed by atoms with E-state index in [4.69, 9.17) is 26.9 Å². The Morgan fingerprint density at radius 1 is 1.00 bits per heavy atom. The van der Waals surface area contributed by atoms with Crippen LogP contribution in [0.25, 0.3) is 10.8 Å². The van der Waals surface area contributed by atoms with E-state index in [0.717, 1.165) is 59.4 Å². The number of hydrogen-bond donors (Lipinski definition) is 2. The van der Waals surface area contributed by atoms with E-state index in [1.54, 1.807) is 4.68 Å². The third kappa shape index (κ3) is 7.50. The van der Waals surface area contributed by atoms with Crippen molar-refractivity contribution in [3.8, 4) is 0 Å². The number of aliphatic carboxylic acids is 2. The molecule has 0 radical (unpaired) electrons. The summed E-state index contributed by atoms with van der Waals surface area (Å²) < 4.78 is 1.76. The molecule has 184 valence electrons. The van der Waals surface area contributed by atoms with Crippen LogP contribution in [0.4, 0.5) is 0 Å². The summed E-state index contributed by atoms with van der Waals surface area (Å²) in [6.07, 6.45) is 4.85. The van der Waals surface area contributed by atoms with E-state index in [9.17, 15) is 14.4 Å². The minimum atomic E-state index is -1.26. The largest absolute Gasteiger partial charge is 0.478 e. The number of carboxylic acids is 2. The number of halogens is 1. The normalized spacial score (nSPS) is 16.5. The van der Waals surface area contributed by atoms with Gasteiger partial charge in [-0.15, -0.1) is 0 Å². The van der Waals surface area contributed by atoms with Gasteiger partial charge in [-0.3, -0.25) is 4.79 Å². The van der Waals surface area contributed by atoms with Crippen LogP contribution in [-0.2, 0) is 16.0 Å². The molecule has 0 amide bonds. The molecule has 35 heavy (non-hydrogen) atoms. The summed E-state index contributed by atoms with van der Waals surface area (Å²) in [5, 5.41) is 22.9. The molecule has 3 aromatic rings. The molecule has 1 saturated heterocycles. The molecule has 4 rings (SSSR count). The van der Waals surface area contributed by atoms with Crippen LogP contribution in [0.1, 0.15) is 36.6 Å². The molecule has 2 aromatic carbocycles. The highest BCUT2D eigenvalue weighted by molar-refractivity contribution is 6.30. The Balaban J connectivity index is 0.000000371. The maximum Gasteiger partial charge on any atom is 0.328 e. The SMILES string of the molecule is CN1CCC[C@H](n2nc(Cc3ccc(Cl)cc3)c3ccccc3c2=O)CC1.O=C(O)C=CC(=O)O. The van der Waals surface area contributed by atoms with Gasteiger partial charge >= 0.3 is 11.9 Å². The van der Waals surface area contributed by atoms with E-state index in [0.29, 0.717) is 18.6 Å². The highest BCUT2D eigenvalue weighted by atomic mass is 35.5. The van der Waals surface area contributed by atoms with Crippen LogP contribution in [0.5, 0.6) is 0 Å². The van der Waals surface area contributed by atoms with E-state index in [1.807, 2.05) is 48.5 Å². The third-order valence-corrected chi connectivity index (χ3v) is 6.08. The number of carboxylic acid groups (broad SMARTS) is 2. The molecule has 0 spiro atoms. The highest BCUT2D eigenvalue weighted by Gasteiger charge is 2.21. The van der Waals surface area contributed by atoms with Gasteiger partial charge in [0.2, 0.25) is 0 Å².